The molecule has 0 radical (unpaired) electrons. The first-order valence-corrected chi connectivity index (χ1v) is 17.6. The number of sulfonamides is 1. The normalized spacial score (nSPS) is 12.5. The van der Waals surface area contributed by atoms with E-state index in [1.54, 1.807) is 48.5 Å². The number of rotatable bonds is 15. The van der Waals surface area contributed by atoms with Crippen LogP contribution >= 0.6 is 23.2 Å². The zero-order chi connectivity index (χ0) is 34.8. The zero-order valence-corrected chi connectivity index (χ0v) is 29.6. The zero-order valence-electron chi connectivity index (χ0n) is 27.2. The van der Waals surface area contributed by atoms with Gasteiger partial charge in [-0.3, -0.25) is 13.9 Å². The number of methoxy groups -OCH3 is 2. The number of para-hydroxylation sites is 1. The molecule has 0 saturated heterocycles. The third-order valence-corrected chi connectivity index (χ3v) is 10.4. The average molecular weight is 713 g/mol. The van der Waals surface area contributed by atoms with Gasteiger partial charge >= 0.3 is 0 Å². The van der Waals surface area contributed by atoms with Gasteiger partial charge in [-0.15, -0.1) is 0 Å². The first-order valence-electron chi connectivity index (χ1n) is 15.4. The van der Waals surface area contributed by atoms with Crippen LogP contribution in [0.2, 0.25) is 10.0 Å². The molecular formula is C36H39Cl2N3O6S. The van der Waals surface area contributed by atoms with E-state index in [0.717, 1.165) is 9.87 Å². The maximum atomic E-state index is 14.6. The number of anilines is 1. The third-order valence-electron chi connectivity index (χ3n) is 7.88. The number of carbonyl (C=O) groups is 2. The molecule has 0 unspecified atom stereocenters. The van der Waals surface area contributed by atoms with Crippen LogP contribution in [0.1, 0.15) is 31.4 Å². The molecule has 9 nitrogen and oxygen atoms in total. The van der Waals surface area contributed by atoms with Gasteiger partial charge in [0.1, 0.15) is 12.6 Å². The van der Waals surface area contributed by atoms with Gasteiger partial charge in [0.15, 0.2) is 11.5 Å². The van der Waals surface area contributed by atoms with Crippen LogP contribution in [0.3, 0.4) is 0 Å². The molecule has 4 aromatic rings. The van der Waals surface area contributed by atoms with Crippen molar-refractivity contribution in [1.29, 1.82) is 0 Å². The van der Waals surface area contributed by atoms with Crippen molar-refractivity contribution >= 4 is 50.7 Å². The molecule has 0 aliphatic rings. The van der Waals surface area contributed by atoms with Crippen molar-refractivity contribution in [3.63, 3.8) is 0 Å². The Morgan fingerprint density at radius 1 is 0.812 bits per heavy atom. The molecule has 1 N–H and O–H groups in total. The first-order chi connectivity index (χ1) is 23.0. The van der Waals surface area contributed by atoms with Crippen LogP contribution in [-0.2, 0) is 32.6 Å². The molecule has 2 atom stereocenters. The minimum atomic E-state index is -4.34. The van der Waals surface area contributed by atoms with Gasteiger partial charge in [0.2, 0.25) is 11.8 Å². The topological polar surface area (TPSA) is 105 Å². The van der Waals surface area contributed by atoms with Gasteiger partial charge < -0.3 is 19.7 Å². The summed E-state index contributed by atoms with van der Waals surface area (Å²) in [7, 11) is -1.48. The number of ether oxygens (including phenoxy) is 2. The van der Waals surface area contributed by atoms with Gasteiger partial charge in [-0.25, -0.2) is 8.42 Å². The van der Waals surface area contributed by atoms with Crippen molar-refractivity contribution in [2.24, 2.45) is 0 Å². The van der Waals surface area contributed by atoms with E-state index in [-0.39, 0.29) is 46.3 Å². The Bertz CT molecular complexity index is 1810. The van der Waals surface area contributed by atoms with Crippen LogP contribution in [-0.4, -0.2) is 58.0 Å². The molecule has 2 amide bonds. The number of benzene rings is 4. The van der Waals surface area contributed by atoms with Crippen molar-refractivity contribution < 1.29 is 27.5 Å². The molecule has 0 aromatic heterocycles. The predicted octanol–water partition coefficient (Wildman–Crippen LogP) is 6.76. The molecule has 0 aliphatic heterocycles. The van der Waals surface area contributed by atoms with Crippen molar-refractivity contribution in [3.8, 4) is 11.5 Å². The Labute approximate surface area is 292 Å². The summed E-state index contributed by atoms with van der Waals surface area (Å²) in [6.45, 7) is 3.19. The van der Waals surface area contributed by atoms with Gasteiger partial charge in [0, 0.05) is 25.1 Å². The lowest BCUT2D eigenvalue weighted by atomic mass is 10.0. The Kier molecular flexibility index (Phi) is 12.7. The van der Waals surface area contributed by atoms with E-state index in [4.69, 9.17) is 32.7 Å². The highest BCUT2D eigenvalue weighted by atomic mass is 35.5. The van der Waals surface area contributed by atoms with Crippen LogP contribution in [0.5, 0.6) is 11.5 Å². The molecule has 0 spiro atoms. The van der Waals surface area contributed by atoms with E-state index in [1.165, 1.54) is 37.3 Å². The van der Waals surface area contributed by atoms with Crippen LogP contribution in [0.15, 0.2) is 102 Å². The van der Waals surface area contributed by atoms with Crippen LogP contribution in [0, 0.1) is 0 Å². The summed E-state index contributed by atoms with van der Waals surface area (Å²) in [6.07, 6.45) is 0.861. The molecular weight excluding hydrogens is 673 g/mol. The van der Waals surface area contributed by atoms with E-state index in [9.17, 15) is 18.0 Å². The Balaban J connectivity index is 1.83. The van der Waals surface area contributed by atoms with Gasteiger partial charge in [0.05, 0.1) is 34.8 Å². The van der Waals surface area contributed by atoms with Crippen molar-refractivity contribution in [1.82, 2.24) is 10.2 Å². The molecule has 0 heterocycles. The second kappa shape index (κ2) is 16.7. The summed E-state index contributed by atoms with van der Waals surface area (Å²) in [6, 6.07) is 25.7. The summed E-state index contributed by atoms with van der Waals surface area (Å²) < 4.78 is 40.4. The smallest absolute Gasteiger partial charge is 0.264 e. The molecule has 0 fully saturated rings. The molecule has 4 aromatic carbocycles. The lowest BCUT2D eigenvalue weighted by molar-refractivity contribution is -0.140. The Hall–Kier alpha value is -4.25. The third kappa shape index (κ3) is 9.00. The lowest BCUT2D eigenvalue weighted by Crippen LogP contribution is -2.54. The molecule has 254 valence electrons. The Morgan fingerprint density at radius 3 is 2.06 bits per heavy atom. The molecule has 0 bridgehead atoms. The minimum absolute atomic E-state index is 0.0415. The predicted molar refractivity (Wildman–Crippen MR) is 189 cm³/mol. The standard InChI is InChI=1S/C36H39Cl2N3O6S/c1-5-25(2)39-36(43)32(21-26-12-8-6-9-13-26)40(23-27-16-18-30(37)31(38)20-27)35(42)24-41(28-14-10-7-11-15-28)48(44,45)29-17-19-33(46-3)34(22-29)47-4/h6-20,22,25,32H,5,21,23-24H2,1-4H3,(H,39,43)/t25-,32-/m0/s1. The highest BCUT2D eigenvalue weighted by molar-refractivity contribution is 7.92. The van der Waals surface area contributed by atoms with Gasteiger partial charge in [-0.2, -0.15) is 0 Å². The quantitative estimate of drug-likeness (QED) is 0.146. The molecule has 48 heavy (non-hydrogen) atoms. The molecule has 0 aliphatic carbocycles. The maximum Gasteiger partial charge on any atom is 0.264 e. The van der Waals surface area contributed by atoms with E-state index in [0.29, 0.717) is 22.8 Å². The second-order valence-electron chi connectivity index (χ2n) is 11.2. The highest BCUT2D eigenvalue weighted by Gasteiger charge is 2.35. The Morgan fingerprint density at radius 2 is 1.46 bits per heavy atom. The van der Waals surface area contributed by atoms with E-state index in [2.05, 4.69) is 5.32 Å². The second-order valence-corrected chi connectivity index (χ2v) is 13.8. The minimum Gasteiger partial charge on any atom is -0.493 e. The molecule has 0 saturated carbocycles. The largest absolute Gasteiger partial charge is 0.493 e. The van der Waals surface area contributed by atoms with Gasteiger partial charge in [-0.05, 0) is 60.9 Å². The fraction of sp³-hybridized carbons (Fsp3) is 0.278. The number of carbonyl (C=O) groups excluding carboxylic acids is 2. The summed E-state index contributed by atoms with van der Waals surface area (Å²) in [5, 5.41) is 3.64. The van der Waals surface area contributed by atoms with E-state index < -0.39 is 28.5 Å². The maximum absolute atomic E-state index is 14.6. The van der Waals surface area contributed by atoms with Crippen molar-refractivity contribution in [2.45, 2.75) is 50.2 Å². The van der Waals surface area contributed by atoms with E-state index in [1.807, 2.05) is 44.2 Å². The SMILES string of the molecule is CC[C@H](C)NC(=O)[C@H](Cc1ccccc1)N(Cc1ccc(Cl)c(Cl)c1)C(=O)CN(c1ccccc1)S(=O)(=O)c1ccc(OC)c(OC)c1. The van der Waals surface area contributed by atoms with E-state index >= 15 is 0 Å². The van der Waals surface area contributed by atoms with Crippen molar-refractivity contribution in [3.05, 3.63) is 118 Å². The number of amides is 2. The highest BCUT2D eigenvalue weighted by Crippen LogP contribution is 2.32. The van der Waals surface area contributed by atoms with Crippen LogP contribution in [0.25, 0.3) is 0 Å². The molecule has 12 heteroatoms. The monoisotopic (exact) mass is 711 g/mol. The van der Waals surface area contributed by atoms with Crippen LogP contribution < -0.4 is 19.1 Å². The number of nitrogens with zero attached hydrogens (tertiary/aromatic N) is 2. The number of nitrogens with one attached hydrogen (secondary N) is 1. The van der Waals surface area contributed by atoms with Crippen LogP contribution in [0.4, 0.5) is 5.69 Å². The number of hydrogen-bond acceptors (Lipinski definition) is 6. The number of halogens is 2. The van der Waals surface area contributed by atoms with Gasteiger partial charge in [0.25, 0.3) is 10.0 Å². The average Bonchev–Trinajstić information content (AvgIpc) is 3.10. The number of hydrogen-bond donors (Lipinski definition) is 1. The summed E-state index contributed by atoms with van der Waals surface area (Å²) in [5.41, 5.74) is 1.70. The fourth-order valence-electron chi connectivity index (χ4n) is 5.06. The summed E-state index contributed by atoms with van der Waals surface area (Å²) in [5.74, 6) is -0.406. The first kappa shape index (κ1) is 36.6. The van der Waals surface area contributed by atoms with Crippen molar-refractivity contribution in [2.75, 3.05) is 25.1 Å². The summed E-state index contributed by atoms with van der Waals surface area (Å²) in [4.78, 5) is 29.9. The van der Waals surface area contributed by atoms with Gasteiger partial charge in [-0.1, -0.05) is 84.7 Å². The lowest BCUT2D eigenvalue weighted by Gasteiger charge is -2.34. The fourth-order valence-corrected chi connectivity index (χ4v) is 6.81. The summed E-state index contributed by atoms with van der Waals surface area (Å²) >= 11 is 12.5. The molecule has 4 rings (SSSR count).